The van der Waals surface area contributed by atoms with Gasteiger partial charge in [0.1, 0.15) is 12.4 Å². The van der Waals surface area contributed by atoms with Crippen LogP contribution in [0.25, 0.3) is 0 Å². The summed E-state index contributed by atoms with van der Waals surface area (Å²) in [7, 11) is -3.03. The number of nitrogens with one attached hydrogen (secondary N) is 1. The molecular weight excluding hydrogens is 286 g/mol. The normalized spacial score (nSPS) is 13.4. The lowest BCUT2D eigenvalue weighted by molar-refractivity contribution is 0.340. The summed E-state index contributed by atoms with van der Waals surface area (Å²) in [5, 5.41) is 3.02. The monoisotopic (exact) mass is 313 g/mol. The standard InChI is InChI=1S/C16H27NO3S/c1-5-17-14(4)12-15-6-8-16(9-7-15)20-10-11-21(18,19)13(2)3/h6-9,13-14,17H,5,10-12H2,1-4H3. The Morgan fingerprint density at radius 1 is 1.14 bits per heavy atom. The summed E-state index contributed by atoms with van der Waals surface area (Å²) >= 11 is 0. The lowest BCUT2D eigenvalue weighted by Crippen LogP contribution is -2.27. The number of sulfone groups is 1. The van der Waals surface area contributed by atoms with Crippen LogP contribution in [-0.2, 0) is 16.3 Å². The van der Waals surface area contributed by atoms with Crippen molar-refractivity contribution in [3.63, 3.8) is 0 Å². The third kappa shape index (κ3) is 6.48. The van der Waals surface area contributed by atoms with Crippen molar-refractivity contribution in [1.29, 1.82) is 0 Å². The minimum Gasteiger partial charge on any atom is -0.493 e. The van der Waals surface area contributed by atoms with E-state index in [0.717, 1.165) is 13.0 Å². The van der Waals surface area contributed by atoms with Crippen LogP contribution < -0.4 is 10.1 Å². The maximum atomic E-state index is 11.7. The summed E-state index contributed by atoms with van der Waals surface area (Å²) in [6.45, 7) is 8.80. The fraction of sp³-hybridized carbons (Fsp3) is 0.625. The Morgan fingerprint density at radius 2 is 1.76 bits per heavy atom. The Kier molecular flexibility index (Phi) is 7.18. The zero-order valence-electron chi connectivity index (χ0n) is 13.4. The summed E-state index contributed by atoms with van der Waals surface area (Å²) in [5.41, 5.74) is 1.24. The van der Waals surface area contributed by atoms with Gasteiger partial charge >= 0.3 is 0 Å². The smallest absolute Gasteiger partial charge is 0.155 e. The van der Waals surface area contributed by atoms with Gasteiger partial charge in [0.25, 0.3) is 0 Å². The van der Waals surface area contributed by atoms with Crippen molar-refractivity contribution in [2.75, 3.05) is 18.9 Å². The first-order chi connectivity index (χ1) is 9.85. The van der Waals surface area contributed by atoms with E-state index in [1.54, 1.807) is 13.8 Å². The second-order valence-corrected chi connectivity index (χ2v) is 8.25. The second-order valence-electron chi connectivity index (χ2n) is 5.57. The number of hydrogen-bond donors (Lipinski definition) is 1. The molecule has 0 saturated heterocycles. The first-order valence-electron chi connectivity index (χ1n) is 7.52. The molecule has 0 aliphatic carbocycles. The molecule has 0 aliphatic heterocycles. The molecule has 5 heteroatoms. The quantitative estimate of drug-likeness (QED) is 0.761. The molecule has 0 amide bonds. The van der Waals surface area contributed by atoms with E-state index in [-0.39, 0.29) is 17.6 Å². The molecule has 4 nitrogen and oxygen atoms in total. The maximum absolute atomic E-state index is 11.7. The molecule has 0 heterocycles. The minimum atomic E-state index is -3.03. The highest BCUT2D eigenvalue weighted by Crippen LogP contribution is 2.14. The van der Waals surface area contributed by atoms with Crippen molar-refractivity contribution in [2.24, 2.45) is 0 Å². The molecule has 0 radical (unpaired) electrons. The summed E-state index contributed by atoms with van der Waals surface area (Å²) in [5.74, 6) is 0.776. The third-order valence-electron chi connectivity index (χ3n) is 3.37. The molecular formula is C16H27NO3S. The van der Waals surface area contributed by atoms with E-state index in [2.05, 4.69) is 19.2 Å². The van der Waals surface area contributed by atoms with Crippen LogP contribution in [-0.4, -0.2) is 38.6 Å². The van der Waals surface area contributed by atoms with Gasteiger partial charge in [-0.05, 0) is 51.4 Å². The summed E-state index contributed by atoms with van der Waals surface area (Å²) in [6.07, 6.45) is 0.968. The molecule has 0 bridgehead atoms. The summed E-state index contributed by atoms with van der Waals surface area (Å²) < 4.78 is 28.8. The van der Waals surface area contributed by atoms with Crippen LogP contribution in [0.3, 0.4) is 0 Å². The highest BCUT2D eigenvalue weighted by atomic mass is 32.2. The minimum absolute atomic E-state index is 0.0594. The first kappa shape index (κ1) is 18.0. The van der Waals surface area contributed by atoms with E-state index in [4.69, 9.17) is 4.74 Å². The predicted octanol–water partition coefficient (Wildman–Crippen LogP) is 2.43. The van der Waals surface area contributed by atoms with Crippen LogP contribution in [0.15, 0.2) is 24.3 Å². The van der Waals surface area contributed by atoms with Gasteiger partial charge in [0, 0.05) is 6.04 Å². The number of hydrogen-bond acceptors (Lipinski definition) is 4. The zero-order chi connectivity index (χ0) is 15.9. The van der Waals surface area contributed by atoms with Gasteiger partial charge < -0.3 is 10.1 Å². The van der Waals surface area contributed by atoms with Crippen LogP contribution in [0.4, 0.5) is 0 Å². The largest absolute Gasteiger partial charge is 0.493 e. The number of ether oxygens (including phenoxy) is 1. The van der Waals surface area contributed by atoms with Gasteiger partial charge in [0.2, 0.25) is 0 Å². The summed E-state index contributed by atoms with van der Waals surface area (Å²) in [4.78, 5) is 0. The van der Waals surface area contributed by atoms with E-state index in [9.17, 15) is 8.42 Å². The van der Waals surface area contributed by atoms with Crippen LogP contribution in [0.2, 0.25) is 0 Å². The van der Waals surface area contributed by atoms with Crippen LogP contribution in [0, 0.1) is 0 Å². The van der Waals surface area contributed by atoms with Gasteiger partial charge in [-0.2, -0.15) is 0 Å². The highest BCUT2D eigenvalue weighted by Gasteiger charge is 2.15. The average molecular weight is 313 g/mol. The molecule has 0 aliphatic rings. The molecule has 1 N–H and O–H groups in total. The molecule has 0 aromatic heterocycles. The lowest BCUT2D eigenvalue weighted by atomic mass is 10.1. The van der Waals surface area contributed by atoms with Gasteiger partial charge in [-0.1, -0.05) is 19.1 Å². The predicted molar refractivity (Wildman–Crippen MR) is 87.7 cm³/mol. The van der Waals surface area contributed by atoms with Gasteiger partial charge in [-0.3, -0.25) is 0 Å². The Hall–Kier alpha value is -1.07. The van der Waals surface area contributed by atoms with E-state index < -0.39 is 9.84 Å². The number of rotatable bonds is 9. The van der Waals surface area contributed by atoms with Crippen LogP contribution in [0.5, 0.6) is 5.75 Å². The zero-order valence-corrected chi connectivity index (χ0v) is 14.2. The average Bonchev–Trinajstić information content (AvgIpc) is 2.40. The van der Waals surface area contributed by atoms with Crippen molar-refractivity contribution in [3.8, 4) is 5.75 Å². The van der Waals surface area contributed by atoms with E-state index in [1.807, 2.05) is 24.3 Å². The van der Waals surface area contributed by atoms with Gasteiger partial charge in [-0.15, -0.1) is 0 Å². The topological polar surface area (TPSA) is 55.4 Å². The Labute approximate surface area is 128 Å². The van der Waals surface area contributed by atoms with Crippen molar-refractivity contribution >= 4 is 9.84 Å². The molecule has 0 fully saturated rings. The molecule has 1 rings (SSSR count). The molecule has 1 aromatic carbocycles. The van der Waals surface area contributed by atoms with E-state index in [0.29, 0.717) is 11.8 Å². The summed E-state index contributed by atoms with van der Waals surface area (Å²) in [6, 6.07) is 8.30. The Balaban J connectivity index is 2.45. The number of likely N-dealkylation sites (N-methyl/N-ethyl adjacent to an activating group) is 1. The molecule has 0 spiro atoms. The van der Waals surface area contributed by atoms with Crippen molar-refractivity contribution in [3.05, 3.63) is 29.8 Å². The van der Waals surface area contributed by atoms with Crippen molar-refractivity contribution in [2.45, 2.75) is 45.4 Å². The van der Waals surface area contributed by atoms with Crippen molar-refractivity contribution < 1.29 is 13.2 Å². The molecule has 0 saturated carbocycles. The lowest BCUT2D eigenvalue weighted by Gasteiger charge is -2.13. The molecule has 1 unspecified atom stereocenters. The maximum Gasteiger partial charge on any atom is 0.155 e. The molecule has 1 aromatic rings. The molecule has 120 valence electrons. The fourth-order valence-corrected chi connectivity index (χ4v) is 2.79. The second kappa shape index (κ2) is 8.39. The molecule has 1 atom stereocenters. The SMILES string of the molecule is CCNC(C)Cc1ccc(OCCS(=O)(=O)C(C)C)cc1. The van der Waals surface area contributed by atoms with E-state index >= 15 is 0 Å². The van der Waals surface area contributed by atoms with Crippen LogP contribution in [0.1, 0.15) is 33.3 Å². The van der Waals surface area contributed by atoms with Crippen molar-refractivity contribution in [1.82, 2.24) is 5.32 Å². The van der Waals surface area contributed by atoms with Gasteiger partial charge in [0.05, 0.1) is 11.0 Å². The number of benzene rings is 1. The van der Waals surface area contributed by atoms with E-state index in [1.165, 1.54) is 5.56 Å². The van der Waals surface area contributed by atoms with Crippen LogP contribution >= 0.6 is 0 Å². The fourth-order valence-electron chi connectivity index (χ4n) is 2.01. The first-order valence-corrected chi connectivity index (χ1v) is 9.23. The van der Waals surface area contributed by atoms with Gasteiger partial charge in [0.15, 0.2) is 9.84 Å². The highest BCUT2D eigenvalue weighted by molar-refractivity contribution is 7.91. The molecule has 21 heavy (non-hydrogen) atoms. The third-order valence-corrected chi connectivity index (χ3v) is 5.54. The Morgan fingerprint density at radius 3 is 2.29 bits per heavy atom. The Bertz CT molecular complexity index is 509. The van der Waals surface area contributed by atoms with Gasteiger partial charge in [-0.25, -0.2) is 8.42 Å².